The van der Waals surface area contributed by atoms with Crippen LogP contribution in [-0.2, 0) is 15.1 Å². The number of methoxy groups -OCH3 is 2. The van der Waals surface area contributed by atoms with Gasteiger partial charge in [0.1, 0.15) is 29.4 Å². The van der Waals surface area contributed by atoms with Crippen molar-refractivity contribution in [2.24, 2.45) is 4.99 Å². The normalized spacial score (nSPS) is 17.7. The number of nitrogens with zero attached hydrogens (tertiary/aromatic N) is 7. The Hall–Kier alpha value is -4.91. The highest BCUT2D eigenvalue weighted by Crippen LogP contribution is 2.43. The van der Waals surface area contributed by atoms with Gasteiger partial charge in [0.2, 0.25) is 5.82 Å². The largest absolute Gasteiger partial charge is 0.497 e. The van der Waals surface area contributed by atoms with Crippen molar-refractivity contribution < 1.29 is 24.1 Å². The van der Waals surface area contributed by atoms with E-state index in [1.54, 1.807) is 25.1 Å². The van der Waals surface area contributed by atoms with Crippen LogP contribution in [0.1, 0.15) is 68.9 Å². The molecule has 0 radical (unpaired) electrons. The number of rotatable bonds is 17. The van der Waals surface area contributed by atoms with Crippen LogP contribution in [0.4, 0.5) is 5.82 Å². The van der Waals surface area contributed by atoms with Crippen LogP contribution in [0.5, 0.6) is 11.5 Å². The third-order valence-corrected chi connectivity index (χ3v) is 9.35. The minimum absolute atomic E-state index is 0.0887. The Morgan fingerprint density at radius 1 is 0.882 bits per heavy atom. The summed E-state index contributed by atoms with van der Waals surface area (Å²) in [5.74, 6) is 1.86. The van der Waals surface area contributed by atoms with Crippen molar-refractivity contribution in [3.63, 3.8) is 0 Å². The predicted octanol–water partition coefficient (Wildman–Crippen LogP) is 6.46. The van der Waals surface area contributed by atoms with Gasteiger partial charge in [-0.05, 0) is 59.0 Å². The predicted molar refractivity (Wildman–Crippen MR) is 195 cm³/mol. The summed E-state index contributed by atoms with van der Waals surface area (Å²) in [5.41, 5.74) is 2.66. The fourth-order valence-electron chi connectivity index (χ4n) is 6.47. The fraction of sp³-hybridized carbons (Fsp3) is 0.410. The molecule has 3 heterocycles. The average molecular weight is 694 g/mol. The lowest BCUT2D eigenvalue weighted by molar-refractivity contribution is -0.0931. The number of ether oxygens (including phenoxy) is 4. The highest BCUT2D eigenvalue weighted by molar-refractivity contribution is 5.82. The van der Waals surface area contributed by atoms with Gasteiger partial charge in [-0.1, -0.05) is 81.3 Å². The molecule has 0 amide bonds. The molecule has 0 aliphatic carbocycles. The number of hydrogen-bond donors (Lipinski definition) is 1. The zero-order chi connectivity index (χ0) is 35.6. The molecule has 12 nitrogen and oxygen atoms in total. The second-order valence-electron chi connectivity index (χ2n) is 12.7. The lowest BCUT2D eigenvalue weighted by atomic mass is 9.80. The fourth-order valence-corrected chi connectivity index (χ4v) is 6.47. The van der Waals surface area contributed by atoms with Crippen LogP contribution in [0.15, 0.2) is 90.2 Å². The van der Waals surface area contributed by atoms with Crippen molar-refractivity contribution in [1.82, 2.24) is 29.9 Å². The highest BCUT2D eigenvalue weighted by atomic mass is 16.6. The molecule has 0 saturated carbocycles. The summed E-state index contributed by atoms with van der Waals surface area (Å²) in [4.78, 5) is 11.5. The molecule has 2 aromatic heterocycles. The smallest absolute Gasteiger partial charge is 0.207 e. The quantitative estimate of drug-likeness (QED) is 0.0659. The summed E-state index contributed by atoms with van der Waals surface area (Å²) in [7, 11) is 3.29. The van der Waals surface area contributed by atoms with E-state index in [1.807, 2.05) is 85.2 Å². The molecule has 1 fully saturated rings. The van der Waals surface area contributed by atoms with Gasteiger partial charge in [-0.25, -0.2) is 9.98 Å². The first-order valence-electron chi connectivity index (χ1n) is 17.7. The molecule has 0 unspecified atom stereocenters. The number of unbranched alkanes of at least 4 members (excludes halogenated alkanes) is 2. The molecule has 1 aliphatic heterocycles. The second-order valence-corrected chi connectivity index (χ2v) is 12.7. The van der Waals surface area contributed by atoms with Crippen molar-refractivity contribution >= 4 is 23.3 Å². The topological polar surface area (TPSA) is 129 Å². The molecule has 1 aliphatic rings. The van der Waals surface area contributed by atoms with Crippen molar-refractivity contribution in [3.05, 3.63) is 102 Å². The van der Waals surface area contributed by atoms with E-state index >= 15 is 0 Å². The van der Waals surface area contributed by atoms with Crippen LogP contribution in [0, 0.1) is 0 Å². The van der Waals surface area contributed by atoms with Gasteiger partial charge in [-0.15, -0.1) is 10.2 Å². The number of fused-ring (bicyclic) bond motifs is 1. The molecule has 1 saturated heterocycles. The van der Waals surface area contributed by atoms with Gasteiger partial charge in [-0.3, -0.25) is 4.57 Å². The van der Waals surface area contributed by atoms with E-state index in [0.717, 1.165) is 67.0 Å². The maximum absolute atomic E-state index is 11.4. The summed E-state index contributed by atoms with van der Waals surface area (Å²) in [6, 6.07) is 25.7. The summed E-state index contributed by atoms with van der Waals surface area (Å²) < 4.78 is 26.3. The second kappa shape index (κ2) is 16.9. The molecule has 12 heteroatoms. The Morgan fingerprint density at radius 2 is 1.49 bits per heavy atom. The van der Waals surface area contributed by atoms with Crippen LogP contribution in [0.2, 0.25) is 0 Å². The van der Waals surface area contributed by atoms with Crippen molar-refractivity contribution in [1.29, 1.82) is 0 Å². The number of aliphatic imine (C=N–C) groups is 1. The highest BCUT2D eigenvalue weighted by Gasteiger charge is 2.42. The monoisotopic (exact) mass is 693 g/mol. The molecule has 3 aromatic carbocycles. The van der Waals surface area contributed by atoms with Gasteiger partial charge in [0.05, 0.1) is 39.6 Å². The number of hydrogen-bond acceptors (Lipinski definition) is 10. The minimum Gasteiger partial charge on any atom is -0.497 e. The third kappa shape index (κ3) is 7.88. The van der Waals surface area contributed by atoms with Crippen LogP contribution >= 0.6 is 0 Å². The van der Waals surface area contributed by atoms with Crippen LogP contribution in [0.3, 0.4) is 0 Å². The summed E-state index contributed by atoms with van der Waals surface area (Å²) in [6.07, 6.45) is 6.17. The molecule has 6 rings (SSSR count). The Balaban J connectivity index is 1.27. The molecular weight excluding hydrogens is 646 g/mol. The molecule has 0 spiro atoms. The number of aliphatic hydroxyl groups is 1. The lowest BCUT2D eigenvalue weighted by Crippen LogP contribution is -2.38. The zero-order valence-electron chi connectivity index (χ0n) is 29.8. The first-order chi connectivity index (χ1) is 25.0. The molecule has 51 heavy (non-hydrogen) atoms. The van der Waals surface area contributed by atoms with E-state index in [1.165, 1.54) is 0 Å². The van der Waals surface area contributed by atoms with Gasteiger partial charge >= 0.3 is 0 Å². The van der Waals surface area contributed by atoms with E-state index in [4.69, 9.17) is 18.9 Å². The van der Waals surface area contributed by atoms with Crippen molar-refractivity contribution in [2.75, 3.05) is 33.9 Å². The molecule has 3 atom stereocenters. The summed E-state index contributed by atoms with van der Waals surface area (Å²) >= 11 is 0. The Bertz CT molecular complexity index is 1790. The SMILES string of the molecule is CCCCN(C=Nc1nnnc2c1ncn2[C@H]1C[C@H](O)[C@@H](COC(c2ccccc2)(c2ccc(OC)cc2)c2ccc(OC)cc2)O1)CCCC. The first-order valence-corrected chi connectivity index (χ1v) is 17.7. The molecule has 5 aromatic rings. The maximum atomic E-state index is 11.4. The van der Waals surface area contributed by atoms with Gasteiger partial charge in [0.15, 0.2) is 11.2 Å². The lowest BCUT2D eigenvalue weighted by Gasteiger charge is -2.37. The maximum Gasteiger partial charge on any atom is 0.207 e. The van der Waals surface area contributed by atoms with Gasteiger partial charge in [-0.2, -0.15) is 0 Å². The van der Waals surface area contributed by atoms with Gasteiger partial charge in [0, 0.05) is 19.5 Å². The van der Waals surface area contributed by atoms with E-state index < -0.39 is 24.0 Å². The van der Waals surface area contributed by atoms with E-state index in [9.17, 15) is 5.11 Å². The molecule has 268 valence electrons. The molecule has 0 bridgehead atoms. The van der Waals surface area contributed by atoms with Crippen molar-refractivity contribution in [3.8, 4) is 11.5 Å². The summed E-state index contributed by atoms with van der Waals surface area (Å²) in [5, 5.41) is 23.8. The Morgan fingerprint density at radius 3 is 2.08 bits per heavy atom. The third-order valence-electron chi connectivity index (χ3n) is 9.35. The van der Waals surface area contributed by atoms with Crippen LogP contribution in [-0.4, -0.2) is 87.4 Å². The molecule has 1 N–H and O–H groups in total. The minimum atomic E-state index is -1.05. The standard InChI is InChI=1S/C39H47N7O5/c1-5-7-22-45(23-8-6-2)26-41-37-36-38(43-44-42-37)46(27-40-36)35-24-33(47)34(51-35)25-50-39(28-12-10-9-11-13-28,29-14-18-31(48-3)19-15-29)30-16-20-32(49-4)21-17-30/h9-21,26-27,33-35,47H,5-8,22-25H2,1-4H3/t33-,34+,35+/m0/s1. The van der Waals surface area contributed by atoms with Gasteiger partial charge < -0.3 is 29.0 Å². The Labute approximate surface area is 299 Å². The van der Waals surface area contributed by atoms with Gasteiger partial charge in [0.25, 0.3) is 0 Å². The average Bonchev–Trinajstić information content (AvgIpc) is 3.79. The molecular formula is C39H47N7O5. The number of imidazole rings is 1. The van der Waals surface area contributed by atoms with E-state index in [-0.39, 0.29) is 6.61 Å². The van der Waals surface area contributed by atoms with Crippen LogP contribution in [0.25, 0.3) is 11.2 Å². The zero-order valence-corrected chi connectivity index (χ0v) is 29.8. The number of benzene rings is 3. The first kappa shape index (κ1) is 35.9. The van der Waals surface area contributed by atoms with E-state index in [0.29, 0.717) is 23.4 Å². The number of aromatic nitrogens is 5. The van der Waals surface area contributed by atoms with Crippen molar-refractivity contribution in [2.45, 2.75) is 70.0 Å². The van der Waals surface area contributed by atoms with E-state index in [2.05, 4.69) is 44.1 Å². The summed E-state index contributed by atoms with van der Waals surface area (Å²) in [6.45, 7) is 6.30. The number of aliphatic hydroxyl groups excluding tert-OH is 1. The Kier molecular flexibility index (Phi) is 11.9. The van der Waals surface area contributed by atoms with Crippen LogP contribution < -0.4 is 9.47 Å².